The van der Waals surface area contributed by atoms with Gasteiger partial charge in [0, 0.05) is 13.0 Å². The predicted molar refractivity (Wildman–Crippen MR) is 73.8 cm³/mol. The molecule has 1 fully saturated rings. The normalized spacial score (nSPS) is 26.2. The molecule has 2 atom stereocenters. The highest BCUT2D eigenvalue weighted by Gasteiger charge is 2.31. The SMILES string of the molecule is CCOC(=O)COCCCC[N+]1([O-])CCCCC1C=O. The van der Waals surface area contributed by atoms with Gasteiger partial charge in [0.05, 0.1) is 19.7 Å². The molecule has 0 N–H and O–H groups in total. The van der Waals surface area contributed by atoms with Crippen LogP contribution in [-0.2, 0) is 19.1 Å². The van der Waals surface area contributed by atoms with Gasteiger partial charge in [0.2, 0.25) is 0 Å². The molecule has 6 heteroatoms. The molecule has 1 saturated heterocycles. The summed E-state index contributed by atoms with van der Waals surface area (Å²) in [4.78, 5) is 22.0. The average molecular weight is 287 g/mol. The molecule has 0 aliphatic carbocycles. The Morgan fingerprint density at radius 2 is 2.20 bits per heavy atom. The van der Waals surface area contributed by atoms with Crippen LogP contribution >= 0.6 is 0 Å². The molecule has 1 aliphatic rings. The van der Waals surface area contributed by atoms with Crippen molar-refractivity contribution in [3.8, 4) is 0 Å². The van der Waals surface area contributed by atoms with E-state index in [0.717, 1.165) is 19.1 Å². The molecule has 1 aliphatic heterocycles. The van der Waals surface area contributed by atoms with Crippen molar-refractivity contribution in [3.05, 3.63) is 5.21 Å². The van der Waals surface area contributed by atoms with Gasteiger partial charge in [-0.1, -0.05) is 0 Å². The summed E-state index contributed by atoms with van der Waals surface area (Å²) < 4.78 is 9.52. The predicted octanol–water partition coefficient (Wildman–Crippen LogP) is 1.41. The van der Waals surface area contributed by atoms with E-state index < -0.39 is 6.04 Å². The van der Waals surface area contributed by atoms with Crippen molar-refractivity contribution in [2.75, 3.05) is 32.9 Å². The van der Waals surface area contributed by atoms with Gasteiger partial charge in [0.15, 0.2) is 6.29 Å². The molecule has 0 spiro atoms. The summed E-state index contributed by atoms with van der Waals surface area (Å²) in [7, 11) is 0. The summed E-state index contributed by atoms with van der Waals surface area (Å²) in [6, 6.07) is -0.399. The van der Waals surface area contributed by atoms with Gasteiger partial charge in [-0.2, -0.15) is 0 Å². The Morgan fingerprint density at radius 3 is 2.90 bits per heavy atom. The fraction of sp³-hybridized carbons (Fsp3) is 0.857. The van der Waals surface area contributed by atoms with E-state index >= 15 is 0 Å². The molecule has 116 valence electrons. The molecule has 0 radical (unpaired) electrons. The van der Waals surface area contributed by atoms with E-state index in [9.17, 15) is 14.8 Å². The minimum absolute atomic E-state index is 0.0395. The summed E-state index contributed by atoms with van der Waals surface area (Å²) in [5, 5.41) is 12.5. The number of likely N-dealkylation sites (tertiary alicyclic amines) is 1. The van der Waals surface area contributed by atoms with Crippen LogP contribution in [0.5, 0.6) is 0 Å². The molecule has 0 amide bonds. The number of unbranched alkanes of at least 4 members (excludes halogenated alkanes) is 1. The van der Waals surface area contributed by atoms with Crippen molar-refractivity contribution in [2.45, 2.75) is 45.1 Å². The smallest absolute Gasteiger partial charge is 0.332 e. The molecule has 20 heavy (non-hydrogen) atoms. The van der Waals surface area contributed by atoms with E-state index in [1.165, 1.54) is 0 Å². The van der Waals surface area contributed by atoms with Gasteiger partial charge < -0.3 is 19.3 Å². The van der Waals surface area contributed by atoms with Crippen LogP contribution in [0.2, 0.25) is 0 Å². The van der Waals surface area contributed by atoms with E-state index in [1.807, 2.05) is 0 Å². The van der Waals surface area contributed by atoms with Crippen molar-refractivity contribution in [3.63, 3.8) is 0 Å². The lowest BCUT2D eigenvalue weighted by Gasteiger charge is -2.49. The molecule has 1 heterocycles. The summed E-state index contributed by atoms with van der Waals surface area (Å²) in [6.07, 6.45) is 4.79. The topological polar surface area (TPSA) is 75.7 Å². The number of esters is 1. The van der Waals surface area contributed by atoms with Crippen LogP contribution in [0.25, 0.3) is 0 Å². The van der Waals surface area contributed by atoms with E-state index in [4.69, 9.17) is 9.47 Å². The standard InChI is InChI=1S/C14H25NO5/c1-2-20-14(17)12-19-10-6-5-9-15(18)8-4-3-7-13(15)11-16/h11,13H,2-10,12H2,1H3. The van der Waals surface area contributed by atoms with Crippen molar-refractivity contribution in [1.82, 2.24) is 0 Å². The summed E-state index contributed by atoms with van der Waals surface area (Å²) >= 11 is 0. The molecular formula is C14H25NO5. The van der Waals surface area contributed by atoms with Gasteiger partial charge in [-0.3, -0.25) is 4.79 Å². The Hall–Kier alpha value is -0.980. The highest BCUT2D eigenvalue weighted by Crippen LogP contribution is 2.24. The highest BCUT2D eigenvalue weighted by atomic mass is 16.6. The summed E-state index contributed by atoms with van der Waals surface area (Å²) in [5.41, 5.74) is 0. The van der Waals surface area contributed by atoms with Gasteiger partial charge in [0.1, 0.15) is 12.6 Å². The van der Waals surface area contributed by atoms with Gasteiger partial charge in [-0.05, 0) is 32.6 Å². The molecule has 0 saturated carbocycles. The number of carbonyl (C=O) groups excluding carboxylic acids is 2. The number of hydrogen-bond acceptors (Lipinski definition) is 5. The zero-order valence-corrected chi connectivity index (χ0v) is 12.2. The zero-order chi connectivity index (χ0) is 14.8. The number of ether oxygens (including phenoxy) is 2. The van der Waals surface area contributed by atoms with Crippen LogP contribution in [0.3, 0.4) is 0 Å². The third-order valence-corrected chi connectivity index (χ3v) is 3.65. The fourth-order valence-electron chi connectivity index (χ4n) is 2.53. The van der Waals surface area contributed by atoms with E-state index in [2.05, 4.69) is 0 Å². The largest absolute Gasteiger partial charge is 0.632 e. The van der Waals surface area contributed by atoms with Crippen molar-refractivity contribution >= 4 is 12.3 Å². The van der Waals surface area contributed by atoms with Gasteiger partial charge in [0.25, 0.3) is 0 Å². The highest BCUT2D eigenvalue weighted by molar-refractivity contribution is 5.70. The monoisotopic (exact) mass is 287 g/mol. The van der Waals surface area contributed by atoms with Crippen LogP contribution in [0, 0.1) is 5.21 Å². The number of hydroxylamine groups is 3. The van der Waals surface area contributed by atoms with E-state index in [-0.39, 0.29) is 17.2 Å². The molecule has 6 nitrogen and oxygen atoms in total. The molecule has 0 aromatic rings. The Labute approximate surface area is 120 Å². The number of piperidine rings is 1. The van der Waals surface area contributed by atoms with Crippen LogP contribution < -0.4 is 0 Å². The number of quaternary nitrogens is 1. The maximum atomic E-state index is 12.5. The quantitative estimate of drug-likeness (QED) is 0.211. The van der Waals surface area contributed by atoms with E-state index in [1.54, 1.807) is 6.92 Å². The van der Waals surface area contributed by atoms with Crippen molar-refractivity contribution in [2.24, 2.45) is 0 Å². The number of hydrogen-bond donors (Lipinski definition) is 0. The second kappa shape index (κ2) is 9.05. The van der Waals surface area contributed by atoms with Gasteiger partial charge in [-0.15, -0.1) is 0 Å². The fourth-order valence-corrected chi connectivity index (χ4v) is 2.53. The van der Waals surface area contributed by atoms with Crippen LogP contribution in [0.1, 0.15) is 39.0 Å². The lowest BCUT2D eigenvalue weighted by molar-refractivity contribution is -0.900. The first kappa shape index (κ1) is 17.1. The lowest BCUT2D eigenvalue weighted by atomic mass is 10.0. The zero-order valence-electron chi connectivity index (χ0n) is 12.2. The Morgan fingerprint density at radius 1 is 1.40 bits per heavy atom. The van der Waals surface area contributed by atoms with Crippen molar-refractivity contribution < 1.29 is 23.7 Å². The number of aldehydes is 1. The Bertz CT molecular complexity index is 310. The summed E-state index contributed by atoms with van der Waals surface area (Å²) in [6.45, 7) is 3.48. The van der Waals surface area contributed by atoms with Gasteiger partial charge >= 0.3 is 5.97 Å². The number of carbonyl (C=O) groups is 2. The number of rotatable bonds is 9. The van der Waals surface area contributed by atoms with Crippen LogP contribution in [0.15, 0.2) is 0 Å². The average Bonchev–Trinajstić information content (AvgIpc) is 2.43. The molecule has 1 rings (SSSR count). The summed E-state index contributed by atoms with van der Waals surface area (Å²) in [5.74, 6) is -0.364. The molecule has 0 aromatic heterocycles. The molecule has 0 bridgehead atoms. The first-order chi connectivity index (χ1) is 9.62. The first-order valence-corrected chi connectivity index (χ1v) is 7.39. The maximum Gasteiger partial charge on any atom is 0.332 e. The third kappa shape index (κ3) is 5.56. The second-order valence-electron chi connectivity index (χ2n) is 5.16. The van der Waals surface area contributed by atoms with Crippen LogP contribution in [-0.4, -0.2) is 55.9 Å². The molecule has 2 unspecified atom stereocenters. The third-order valence-electron chi connectivity index (χ3n) is 3.65. The van der Waals surface area contributed by atoms with Crippen molar-refractivity contribution in [1.29, 1.82) is 0 Å². The number of nitrogens with zero attached hydrogens (tertiary/aromatic N) is 1. The van der Waals surface area contributed by atoms with Gasteiger partial charge in [-0.25, -0.2) is 4.79 Å². The minimum Gasteiger partial charge on any atom is -0.632 e. The Balaban J connectivity index is 2.13. The molecular weight excluding hydrogens is 262 g/mol. The molecule has 0 aromatic carbocycles. The van der Waals surface area contributed by atoms with E-state index in [0.29, 0.717) is 45.6 Å². The first-order valence-electron chi connectivity index (χ1n) is 7.39. The second-order valence-corrected chi connectivity index (χ2v) is 5.16. The lowest BCUT2D eigenvalue weighted by Crippen LogP contribution is -2.54. The van der Waals surface area contributed by atoms with Crippen LogP contribution in [0.4, 0.5) is 0 Å². The minimum atomic E-state index is -0.399. The Kier molecular flexibility index (Phi) is 7.72. The maximum absolute atomic E-state index is 12.5.